The molecule has 12 heteroatoms. The molecule has 3 aromatic carbocycles. The van der Waals surface area contributed by atoms with Crippen LogP contribution in [0.25, 0.3) is 0 Å². The van der Waals surface area contributed by atoms with E-state index in [9.17, 15) is 18.0 Å². The fourth-order valence-electron chi connectivity index (χ4n) is 3.29. The van der Waals surface area contributed by atoms with Crippen LogP contribution in [0.2, 0.25) is 5.02 Å². The Kier molecular flexibility index (Phi) is 9.69. The molecule has 0 radical (unpaired) electrons. The standard InChI is InChI=1S/C26H27ClN4O6S/c1-18-14-20(27)6-13-24(18)31(38(3,34)35)16-25(32)30-28-15-19-4-9-23(10-5-19)37-17-26(33)29-21-7-11-22(36-2)12-8-21/h4-15H,16-17H2,1-3H3,(H,29,33)(H,30,32)/b28-15-. The van der Waals surface area contributed by atoms with Crippen LogP contribution in [0.15, 0.2) is 71.8 Å². The van der Waals surface area contributed by atoms with Crippen LogP contribution in [0.5, 0.6) is 11.5 Å². The number of carbonyl (C=O) groups is 2. The number of hydrogen-bond donors (Lipinski definition) is 2. The lowest BCUT2D eigenvalue weighted by Crippen LogP contribution is -2.39. The number of ether oxygens (including phenoxy) is 2. The van der Waals surface area contributed by atoms with Crippen LogP contribution in [-0.4, -0.2) is 53.0 Å². The lowest BCUT2D eigenvalue weighted by atomic mass is 10.2. The van der Waals surface area contributed by atoms with Crippen LogP contribution in [0, 0.1) is 6.92 Å². The number of amides is 2. The summed E-state index contributed by atoms with van der Waals surface area (Å²) in [4.78, 5) is 24.5. The molecule has 0 saturated heterocycles. The van der Waals surface area contributed by atoms with E-state index in [0.29, 0.717) is 39.0 Å². The molecule has 0 saturated carbocycles. The van der Waals surface area contributed by atoms with E-state index < -0.39 is 22.5 Å². The van der Waals surface area contributed by atoms with Gasteiger partial charge in [-0.2, -0.15) is 5.10 Å². The Morgan fingerprint density at radius 2 is 1.66 bits per heavy atom. The van der Waals surface area contributed by atoms with Gasteiger partial charge in [0.15, 0.2) is 6.61 Å². The average Bonchev–Trinajstić information content (AvgIpc) is 2.87. The summed E-state index contributed by atoms with van der Waals surface area (Å²) in [7, 11) is -2.17. The molecule has 200 valence electrons. The second kappa shape index (κ2) is 12.9. The van der Waals surface area contributed by atoms with Crippen molar-refractivity contribution in [1.82, 2.24) is 5.43 Å². The number of hydrazone groups is 1. The number of aryl methyl sites for hydroxylation is 1. The lowest BCUT2D eigenvalue weighted by molar-refractivity contribution is -0.119. The van der Waals surface area contributed by atoms with E-state index in [1.165, 1.54) is 6.21 Å². The van der Waals surface area contributed by atoms with Crippen molar-refractivity contribution in [1.29, 1.82) is 0 Å². The van der Waals surface area contributed by atoms with Gasteiger partial charge in [-0.05, 0) is 84.8 Å². The van der Waals surface area contributed by atoms with Crippen LogP contribution in [0.3, 0.4) is 0 Å². The van der Waals surface area contributed by atoms with Crippen molar-refractivity contribution in [3.63, 3.8) is 0 Å². The van der Waals surface area contributed by atoms with Crippen LogP contribution >= 0.6 is 11.6 Å². The SMILES string of the molecule is COc1ccc(NC(=O)COc2ccc(/C=N\NC(=O)CN(c3ccc(Cl)cc3C)S(C)(=O)=O)cc2)cc1. The van der Waals surface area contributed by atoms with Gasteiger partial charge >= 0.3 is 0 Å². The maximum atomic E-state index is 12.4. The normalized spacial score (nSPS) is 11.2. The van der Waals surface area contributed by atoms with E-state index >= 15 is 0 Å². The van der Waals surface area contributed by atoms with Crippen molar-refractivity contribution >= 4 is 51.0 Å². The monoisotopic (exact) mass is 558 g/mol. The Morgan fingerprint density at radius 3 is 2.26 bits per heavy atom. The second-order valence-electron chi connectivity index (χ2n) is 8.13. The number of methoxy groups -OCH3 is 1. The zero-order chi connectivity index (χ0) is 27.7. The number of anilines is 2. The van der Waals surface area contributed by atoms with Crippen molar-refractivity contribution in [3.8, 4) is 11.5 Å². The van der Waals surface area contributed by atoms with E-state index in [1.807, 2.05) is 0 Å². The van der Waals surface area contributed by atoms with Crippen molar-refractivity contribution < 1.29 is 27.5 Å². The van der Waals surface area contributed by atoms with E-state index in [-0.39, 0.29) is 12.5 Å². The minimum absolute atomic E-state index is 0.181. The maximum Gasteiger partial charge on any atom is 0.262 e. The van der Waals surface area contributed by atoms with Crippen LogP contribution in [0.1, 0.15) is 11.1 Å². The highest BCUT2D eigenvalue weighted by Crippen LogP contribution is 2.25. The predicted octanol–water partition coefficient (Wildman–Crippen LogP) is 3.59. The minimum atomic E-state index is -3.73. The molecule has 0 aliphatic heterocycles. The number of rotatable bonds is 11. The summed E-state index contributed by atoms with van der Waals surface area (Å²) < 4.78 is 36.1. The molecule has 10 nitrogen and oxygen atoms in total. The van der Waals surface area contributed by atoms with Gasteiger partial charge in [0.05, 0.1) is 25.3 Å². The zero-order valence-corrected chi connectivity index (χ0v) is 22.5. The molecule has 0 aliphatic rings. The number of carbonyl (C=O) groups excluding carboxylic acids is 2. The van der Waals surface area contributed by atoms with Gasteiger partial charge < -0.3 is 14.8 Å². The van der Waals surface area contributed by atoms with E-state index in [1.54, 1.807) is 80.8 Å². The summed E-state index contributed by atoms with van der Waals surface area (Å²) in [5.41, 5.74) is 4.56. The van der Waals surface area contributed by atoms with Gasteiger partial charge in [0, 0.05) is 10.7 Å². The molecule has 0 aromatic heterocycles. The van der Waals surface area contributed by atoms with Crippen molar-refractivity contribution in [2.75, 3.05) is 36.1 Å². The Balaban J connectivity index is 1.50. The van der Waals surface area contributed by atoms with Gasteiger partial charge in [0.1, 0.15) is 18.0 Å². The Bertz CT molecular complexity index is 1410. The smallest absolute Gasteiger partial charge is 0.262 e. The molecule has 0 spiro atoms. The Hall–Kier alpha value is -4.09. The first kappa shape index (κ1) is 28.5. The quantitative estimate of drug-likeness (QED) is 0.273. The molecule has 0 atom stereocenters. The van der Waals surface area contributed by atoms with Gasteiger partial charge in [0.25, 0.3) is 11.8 Å². The number of hydrogen-bond acceptors (Lipinski definition) is 7. The first-order valence-electron chi connectivity index (χ1n) is 11.3. The lowest BCUT2D eigenvalue weighted by Gasteiger charge is -2.23. The predicted molar refractivity (Wildman–Crippen MR) is 148 cm³/mol. The molecule has 38 heavy (non-hydrogen) atoms. The van der Waals surface area contributed by atoms with Crippen molar-refractivity contribution in [3.05, 3.63) is 82.9 Å². The summed E-state index contributed by atoms with van der Waals surface area (Å²) in [6.45, 7) is 1.07. The molecule has 2 amide bonds. The molecule has 0 bridgehead atoms. The van der Waals surface area contributed by atoms with Crippen LogP contribution in [0.4, 0.5) is 11.4 Å². The Labute approximate surface area is 226 Å². The maximum absolute atomic E-state index is 12.4. The molecule has 2 N–H and O–H groups in total. The fraction of sp³-hybridized carbons (Fsp3) is 0.192. The highest BCUT2D eigenvalue weighted by molar-refractivity contribution is 7.92. The number of benzene rings is 3. The van der Waals surface area contributed by atoms with E-state index in [2.05, 4.69) is 15.8 Å². The van der Waals surface area contributed by atoms with Crippen LogP contribution in [-0.2, 0) is 19.6 Å². The Morgan fingerprint density at radius 1 is 1.00 bits per heavy atom. The van der Waals surface area contributed by atoms with Gasteiger partial charge in [-0.25, -0.2) is 13.8 Å². The number of halogens is 1. The third-order valence-corrected chi connectivity index (χ3v) is 6.50. The minimum Gasteiger partial charge on any atom is -0.497 e. The van der Waals surface area contributed by atoms with Gasteiger partial charge in [-0.3, -0.25) is 13.9 Å². The third-order valence-electron chi connectivity index (χ3n) is 5.14. The number of sulfonamides is 1. The zero-order valence-electron chi connectivity index (χ0n) is 21.0. The summed E-state index contributed by atoms with van der Waals surface area (Å²) in [5.74, 6) is 0.217. The van der Waals surface area contributed by atoms with Crippen molar-refractivity contribution in [2.24, 2.45) is 5.10 Å². The van der Waals surface area contributed by atoms with E-state index in [0.717, 1.165) is 10.6 Å². The van der Waals surface area contributed by atoms with E-state index in [4.69, 9.17) is 21.1 Å². The first-order valence-corrected chi connectivity index (χ1v) is 13.5. The molecular weight excluding hydrogens is 532 g/mol. The molecule has 0 aliphatic carbocycles. The first-order chi connectivity index (χ1) is 18.0. The van der Waals surface area contributed by atoms with Gasteiger partial charge in [0.2, 0.25) is 10.0 Å². The molecule has 0 unspecified atom stereocenters. The van der Waals surface area contributed by atoms with Gasteiger partial charge in [-0.15, -0.1) is 0 Å². The summed E-state index contributed by atoms with van der Waals surface area (Å²) in [6.07, 6.45) is 2.42. The topological polar surface area (TPSA) is 126 Å². The van der Waals surface area contributed by atoms with Crippen LogP contribution < -0.4 is 24.5 Å². The largest absolute Gasteiger partial charge is 0.497 e. The summed E-state index contributed by atoms with van der Waals surface area (Å²) >= 11 is 5.95. The fourth-order valence-corrected chi connectivity index (χ4v) is 4.44. The van der Waals surface area contributed by atoms with Gasteiger partial charge in [-0.1, -0.05) is 11.6 Å². The van der Waals surface area contributed by atoms with Crippen molar-refractivity contribution in [2.45, 2.75) is 6.92 Å². The second-order valence-corrected chi connectivity index (χ2v) is 10.5. The number of nitrogens with zero attached hydrogens (tertiary/aromatic N) is 2. The summed E-state index contributed by atoms with van der Waals surface area (Å²) in [6, 6.07) is 18.3. The summed E-state index contributed by atoms with van der Waals surface area (Å²) in [5, 5.41) is 7.07. The average molecular weight is 559 g/mol. The molecule has 0 fully saturated rings. The highest BCUT2D eigenvalue weighted by Gasteiger charge is 2.22. The molecular formula is C26H27ClN4O6S. The molecule has 3 aromatic rings. The highest BCUT2D eigenvalue weighted by atomic mass is 35.5. The molecule has 3 rings (SSSR count). The third kappa shape index (κ3) is 8.49. The molecule has 0 heterocycles. The number of nitrogens with one attached hydrogen (secondary N) is 2.